The van der Waals surface area contributed by atoms with Crippen molar-refractivity contribution in [3.05, 3.63) is 81.4 Å². The zero-order valence-electron chi connectivity index (χ0n) is 33.2. The number of anilines is 1. The van der Waals surface area contributed by atoms with Crippen LogP contribution in [0.3, 0.4) is 0 Å². The van der Waals surface area contributed by atoms with Gasteiger partial charge in [-0.2, -0.15) is 0 Å². The highest BCUT2D eigenvalue weighted by Crippen LogP contribution is 2.46. The topological polar surface area (TPSA) is 69.1 Å². The minimum atomic E-state index is -1.15. The molecule has 1 atom stereocenters. The van der Waals surface area contributed by atoms with Crippen LogP contribution in [0.15, 0.2) is 36.4 Å². The normalized spacial score (nSPS) is 20.1. The molecule has 1 aromatic heterocycles. The van der Waals surface area contributed by atoms with E-state index in [1.165, 1.54) is 11.1 Å². The van der Waals surface area contributed by atoms with Gasteiger partial charge < -0.3 is 14.7 Å². The second kappa shape index (κ2) is 14.8. The summed E-state index contributed by atoms with van der Waals surface area (Å²) in [7, 11) is 0. The fourth-order valence-electron chi connectivity index (χ4n) is 8.25. The Kier molecular flexibility index (Phi) is 11.0. The quantitative estimate of drug-likeness (QED) is 0.237. The van der Waals surface area contributed by atoms with Crippen molar-refractivity contribution in [3.8, 4) is 11.1 Å². The van der Waals surface area contributed by atoms with E-state index in [1.807, 2.05) is 40.7 Å². The lowest BCUT2D eigenvalue weighted by atomic mass is 9.81. The third-order valence-electron chi connectivity index (χ3n) is 11.7. The first kappa shape index (κ1) is 38.4. The molecule has 0 aliphatic carbocycles. The number of piperidine rings is 2. The molecule has 52 heavy (non-hydrogen) atoms. The van der Waals surface area contributed by atoms with Gasteiger partial charge in [-0.05, 0) is 131 Å². The SMILES string of the molecule is Cc1cc(F)ccc1CN1CCc2cc(-c3c(CN4CCC(C)(C)CC4)nc(C)c(C(OC(C)(C)C)C(=O)O)c3N3CCC(C)(C)CC3)ccc2C1. The number of fused-ring (bicyclic) bond motifs is 1. The Morgan fingerprint density at radius 2 is 1.54 bits per heavy atom. The summed E-state index contributed by atoms with van der Waals surface area (Å²) in [6.45, 7) is 26.1. The van der Waals surface area contributed by atoms with E-state index in [2.05, 4.69) is 60.6 Å². The van der Waals surface area contributed by atoms with Gasteiger partial charge in [-0.1, -0.05) is 52.0 Å². The smallest absolute Gasteiger partial charge is 0.337 e. The minimum Gasteiger partial charge on any atom is -0.479 e. The van der Waals surface area contributed by atoms with Crippen molar-refractivity contribution in [1.29, 1.82) is 0 Å². The predicted molar refractivity (Wildman–Crippen MR) is 208 cm³/mol. The highest BCUT2D eigenvalue weighted by molar-refractivity contribution is 5.88. The molecule has 0 radical (unpaired) electrons. The van der Waals surface area contributed by atoms with E-state index in [9.17, 15) is 14.3 Å². The maximum Gasteiger partial charge on any atom is 0.337 e. The van der Waals surface area contributed by atoms with Gasteiger partial charge >= 0.3 is 5.97 Å². The third-order valence-corrected chi connectivity index (χ3v) is 11.7. The van der Waals surface area contributed by atoms with Gasteiger partial charge in [-0.3, -0.25) is 14.8 Å². The fourth-order valence-corrected chi connectivity index (χ4v) is 8.25. The summed E-state index contributed by atoms with van der Waals surface area (Å²) in [4.78, 5) is 25.9. The molecule has 0 bridgehead atoms. The number of carboxylic acid groups (broad SMARTS) is 1. The van der Waals surface area contributed by atoms with Gasteiger partial charge in [0.2, 0.25) is 0 Å². The van der Waals surface area contributed by atoms with Crippen LogP contribution in [0.4, 0.5) is 10.1 Å². The molecule has 0 saturated carbocycles. The van der Waals surface area contributed by atoms with E-state index in [0.29, 0.717) is 11.0 Å². The second-order valence-corrected chi connectivity index (χ2v) is 18.3. The van der Waals surface area contributed by atoms with E-state index in [4.69, 9.17) is 9.72 Å². The maximum atomic E-state index is 13.8. The number of carboxylic acids is 1. The average molecular weight is 713 g/mol. The first-order valence-corrected chi connectivity index (χ1v) is 19.4. The van der Waals surface area contributed by atoms with Crippen molar-refractivity contribution >= 4 is 11.7 Å². The Balaban J connectivity index is 1.47. The lowest BCUT2D eigenvalue weighted by Crippen LogP contribution is -2.40. The summed E-state index contributed by atoms with van der Waals surface area (Å²) in [6.07, 6.45) is 4.08. The number of aryl methyl sites for hydroxylation is 2. The molecule has 3 aromatic rings. The molecule has 8 heteroatoms. The van der Waals surface area contributed by atoms with Crippen LogP contribution in [-0.4, -0.2) is 64.2 Å². The van der Waals surface area contributed by atoms with Gasteiger partial charge in [0.15, 0.2) is 6.10 Å². The number of ether oxygens (including phenoxy) is 1. The fraction of sp³-hybridized carbons (Fsp3) is 0.591. The van der Waals surface area contributed by atoms with Crippen LogP contribution in [-0.2, 0) is 35.6 Å². The number of nitrogens with zero attached hydrogens (tertiary/aromatic N) is 4. The molecule has 6 rings (SSSR count). The Labute approximate surface area is 311 Å². The molecule has 2 fully saturated rings. The molecule has 1 N–H and O–H groups in total. The number of pyridine rings is 1. The van der Waals surface area contributed by atoms with Gasteiger partial charge in [0.1, 0.15) is 5.82 Å². The van der Waals surface area contributed by atoms with E-state index in [0.717, 1.165) is 124 Å². The van der Waals surface area contributed by atoms with Gasteiger partial charge in [0, 0.05) is 56.1 Å². The summed E-state index contributed by atoms with van der Waals surface area (Å²) in [5.41, 5.74) is 10.2. The molecule has 1 unspecified atom stereocenters. The number of likely N-dealkylation sites (tertiary alicyclic amines) is 1. The molecule has 4 heterocycles. The van der Waals surface area contributed by atoms with Gasteiger partial charge in [-0.25, -0.2) is 9.18 Å². The standard InChI is InChI=1S/C44H61FN4O3/c1-29-24-35(45)13-12-33(29)26-48-19-14-31-25-32(10-11-34(31)27-48)38-36(28-47-20-15-43(6,7)16-21-47)46-30(2)37(40(41(50)51)52-42(3,4)5)39(38)49-22-17-44(8,9)18-23-49/h10-13,24-25,40H,14-23,26-28H2,1-9H3,(H,50,51). The average Bonchev–Trinajstić information content (AvgIpc) is 3.05. The van der Waals surface area contributed by atoms with Crippen molar-refractivity contribution in [1.82, 2.24) is 14.8 Å². The van der Waals surface area contributed by atoms with Crippen molar-refractivity contribution in [3.63, 3.8) is 0 Å². The summed E-state index contributed by atoms with van der Waals surface area (Å²) in [5, 5.41) is 10.8. The van der Waals surface area contributed by atoms with Crippen molar-refractivity contribution < 1.29 is 19.0 Å². The zero-order chi connectivity index (χ0) is 37.6. The number of benzene rings is 2. The van der Waals surface area contributed by atoms with Crippen LogP contribution in [0.5, 0.6) is 0 Å². The number of hydrogen-bond donors (Lipinski definition) is 1. The summed E-state index contributed by atoms with van der Waals surface area (Å²) < 4.78 is 20.2. The first-order valence-electron chi connectivity index (χ1n) is 19.4. The molecule has 0 spiro atoms. The van der Waals surface area contributed by atoms with E-state index in [1.54, 1.807) is 12.1 Å². The highest BCUT2D eigenvalue weighted by Gasteiger charge is 2.38. The molecule has 2 saturated heterocycles. The Morgan fingerprint density at radius 3 is 2.15 bits per heavy atom. The van der Waals surface area contributed by atoms with E-state index >= 15 is 0 Å². The van der Waals surface area contributed by atoms with Gasteiger partial charge in [-0.15, -0.1) is 0 Å². The third kappa shape index (κ3) is 8.88. The largest absolute Gasteiger partial charge is 0.479 e. The molecular formula is C44H61FN4O3. The van der Waals surface area contributed by atoms with Gasteiger partial charge in [0.05, 0.1) is 17.0 Å². The first-order chi connectivity index (χ1) is 24.4. The Morgan fingerprint density at radius 1 is 0.885 bits per heavy atom. The van der Waals surface area contributed by atoms with Crippen LogP contribution in [0.2, 0.25) is 0 Å². The summed E-state index contributed by atoms with van der Waals surface area (Å²) in [5.74, 6) is -1.18. The van der Waals surface area contributed by atoms with Crippen LogP contribution < -0.4 is 4.90 Å². The minimum absolute atomic E-state index is 0.192. The molecular weight excluding hydrogens is 652 g/mol. The monoisotopic (exact) mass is 712 g/mol. The number of rotatable bonds is 9. The lowest BCUT2D eigenvalue weighted by molar-refractivity contribution is -0.160. The summed E-state index contributed by atoms with van der Waals surface area (Å²) >= 11 is 0. The maximum absolute atomic E-state index is 13.8. The number of halogens is 1. The van der Waals surface area contributed by atoms with Crippen LogP contribution >= 0.6 is 0 Å². The van der Waals surface area contributed by atoms with Crippen LogP contribution in [0.25, 0.3) is 11.1 Å². The molecule has 3 aliphatic heterocycles. The molecule has 0 amide bonds. The number of aromatic nitrogens is 1. The van der Waals surface area contributed by atoms with Crippen molar-refractivity contribution in [2.45, 2.75) is 126 Å². The lowest BCUT2D eigenvalue weighted by Gasteiger charge is -2.42. The van der Waals surface area contributed by atoms with E-state index in [-0.39, 0.29) is 11.2 Å². The highest BCUT2D eigenvalue weighted by atomic mass is 19.1. The van der Waals surface area contributed by atoms with Crippen LogP contribution in [0.1, 0.15) is 119 Å². The van der Waals surface area contributed by atoms with Gasteiger partial charge in [0.25, 0.3) is 0 Å². The zero-order valence-corrected chi connectivity index (χ0v) is 33.2. The number of carbonyl (C=O) groups is 1. The summed E-state index contributed by atoms with van der Waals surface area (Å²) in [6, 6.07) is 11.9. The Hall–Kier alpha value is -3.33. The number of hydrogen-bond acceptors (Lipinski definition) is 6. The molecule has 282 valence electrons. The van der Waals surface area contributed by atoms with Crippen LogP contribution in [0, 0.1) is 30.5 Å². The van der Waals surface area contributed by atoms with Crippen molar-refractivity contribution in [2.24, 2.45) is 10.8 Å². The Bertz CT molecular complexity index is 1770. The molecule has 2 aromatic carbocycles. The van der Waals surface area contributed by atoms with E-state index < -0.39 is 17.7 Å². The van der Waals surface area contributed by atoms with Crippen molar-refractivity contribution in [2.75, 3.05) is 37.6 Å². The predicted octanol–water partition coefficient (Wildman–Crippen LogP) is 9.25. The second-order valence-electron chi connectivity index (χ2n) is 18.3. The number of aliphatic carboxylic acids is 1. The molecule has 7 nitrogen and oxygen atoms in total. The molecule has 3 aliphatic rings.